The van der Waals surface area contributed by atoms with Crippen molar-refractivity contribution in [3.8, 4) is 0 Å². The highest BCUT2D eigenvalue weighted by Gasteiger charge is 2.39. The second-order valence-corrected chi connectivity index (χ2v) is 3.89. The number of hydrogen-bond donors (Lipinski definition) is 0. The summed E-state index contributed by atoms with van der Waals surface area (Å²) in [5, 5.41) is 4.61. The van der Waals surface area contributed by atoms with Gasteiger partial charge in [-0.15, -0.1) is 4.91 Å². The van der Waals surface area contributed by atoms with Gasteiger partial charge >= 0.3 is 0 Å². The lowest BCUT2D eigenvalue weighted by atomic mass is 9.63. The van der Waals surface area contributed by atoms with E-state index in [0.717, 1.165) is 13.1 Å². The van der Waals surface area contributed by atoms with Gasteiger partial charge in [-0.2, -0.15) is 0 Å². The van der Waals surface area contributed by atoms with Crippen LogP contribution in [0.4, 0.5) is 0 Å². The summed E-state index contributed by atoms with van der Waals surface area (Å²) in [5.41, 5.74) is 0.640. The molecule has 1 heterocycles. The number of nitrogens with zero attached hydrogens (tertiary/aromatic N) is 2. The zero-order valence-corrected chi connectivity index (χ0v) is 6.75. The molecule has 1 aliphatic heterocycles. The van der Waals surface area contributed by atoms with Gasteiger partial charge < -0.3 is 0 Å². The molecule has 0 N–H and O–H groups in total. The summed E-state index contributed by atoms with van der Waals surface area (Å²) in [6.45, 7) is 1.78. The molecule has 62 valence electrons. The van der Waals surface area contributed by atoms with Crippen molar-refractivity contribution in [1.82, 2.24) is 5.01 Å². The van der Waals surface area contributed by atoms with Crippen molar-refractivity contribution in [3.05, 3.63) is 4.91 Å². The Hall–Kier alpha value is -0.600. The van der Waals surface area contributed by atoms with Crippen LogP contribution >= 0.6 is 0 Å². The Morgan fingerprint density at radius 2 is 1.73 bits per heavy atom. The van der Waals surface area contributed by atoms with Crippen LogP contribution < -0.4 is 0 Å². The number of piperidine rings is 1. The molecule has 2 rings (SSSR count). The molecule has 1 spiro atoms. The van der Waals surface area contributed by atoms with E-state index in [4.69, 9.17) is 0 Å². The highest BCUT2D eigenvalue weighted by atomic mass is 16.3. The summed E-state index contributed by atoms with van der Waals surface area (Å²) < 4.78 is 0. The molecule has 2 aliphatic rings. The van der Waals surface area contributed by atoms with Crippen LogP contribution in [0.15, 0.2) is 5.29 Å². The van der Waals surface area contributed by atoms with E-state index in [-0.39, 0.29) is 0 Å². The van der Waals surface area contributed by atoms with Gasteiger partial charge in [0.05, 0.1) is 5.29 Å². The van der Waals surface area contributed by atoms with Crippen molar-refractivity contribution in [2.24, 2.45) is 10.7 Å². The summed E-state index contributed by atoms with van der Waals surface area (Å²) in [6.07, 6.45) is 6.56. The largest absolute Gasteiger partial charge is 0.261 e. The first-order chi connectivity index (χ1) is 5.35. The van der Waals surface area contributed by atoms with Crippen LogP contribution in [0.3, 0.4) is 0 Å². The van der Waals surface area contributed by atoms with Gasteiger partial charge in [-0.1, -0.05) is 6.42 Å². The molecule has 2 fully saturated rings. The number of rotatable bonds is 1. The second-order valence-electron chi connectivity index (χ2n) is 3.89. The molecule has 11 heavy (non-hydrogen) atoms. The number of nitroso groups, excluding NO2 is 1. The molecule has 0 bridgehead atoms. The minimum absolute atomic E-state index is 0.640. The predicted molar refractivity (Wildman–Crippen MR) is 42.9 cm³/mol. The van der Waals surface area contributed by atoms with E-state index in [1.54, 1.807) is 5.01 Å². The zero-order chi connectivity index (χ0) is 7.73. The maximum Gasteiger partial charge on any atom is 0.0523 e. The average Bonchev–Trinajstić information content (AvgIpc) is 2.02. The summed E-state index contributed by atoms with van der Waals surface area (Å²) in [7, 11) is 0. The van der Waals surface area contributed by atoms with Gasteiger partial charge in [-0.05, 0) is 31.1 Å². The van der Waals surface area contributed by atoms with Crippen LogP contribution in [0.25, 0.3) is 0 Å². The molecule has 3 heteroatoms. The quantitative estimate of drug-likeness (QED) is 0.540. The Kier molecular flexibility index (Phi) is 1.59. The zero-order valence-electron chi connectivity index (χ0n) is 6.75. The van der Waals surface area contributed by atoms with Crippen molar-refractivity contribution < 1.29 is 0 Å². The maximum atomic E-state index is 10.2. The Morgan fingerprint density at radius 1 is 1.09 bits per heavy atom. The minimum Gasteiger partial charge on any atom is -0.261 e. The first-order valence-corrected chi connectivity index (χ1v) is 4.43. The van der Waals surface area contributed by atoms with Gasteiger partial charge in [-0.3, -0.25) is 5.01 Å². The molecule has 1 saturated carbocycles. The van der Waals surface area contributed by atoms with Crippen molar-refractivity contribution in [2.45, 2.75) is 32.1 Å². The third-order valence-corrected chi connectivity index (χ3v) is 3.33. The molecule has 0 aromatic heterocycles. The topological polar surface area (TPSA) is 32.7 Å². The van der Waals surface area contributed by atoms with E-state index in [2.05, 4.69) is 5.29 Å². The Labute approximate surface area is 66.7 Å². The molecule has 0 amide bonds. The van der Waals surface area contributed by atoms with Gasteiger partial charge in [0.15, 0.2) is 0 Å². The molecule has 1 aliphatic carbocycles. The summed E-state index contributed by atoms with van der Waals surface area (Å²) in [5.74, 6) is 0. The molecule has 3 nitrogen and oxygen atoms in total. The fraction of sp³-hybridized carbons (Fsp3) is 1.00. The third-order valence-electron chi connectivity index (χ3n) is 3.33. The Morgan fingerprint density at radius 3 is 2.09 bits per heavy atom. The number of hydrogen-bond acceptors (Lipinski definition) is 2. The minimum atomic E-state index is 0.640. The summed E-state index contributed by atoms with van der Waals surface area (Å²) in [6, 6.07) is 0. The van der Waals surface area contributed by atoms with E-state index in [9.17, 15) is 4.91 Å². The van der Waals surface area contributed by atoms with Crippen molar-refractivity contribution >= 4 is 0 Å². The van der Waals surface area contributed by atoms with Gasteiger partial charge in [0.1, 0.15) is 0 Å². The van der Waals surface area contributed by atoms with Gasteiger partial charge in [0.25, 0.3) is 0 Å². The van der Waals surface area contributed by atoms with E-state index < -0.39 is 0 Å². The Balaban J connectivity index is 1.88. The van der Waals surface area contributed by atoms with Crippen LogP contribution in [0, 0.1) is 10.3 Å². The van der Waals surface area contributed by atoms with Crippen LogP contribution in [0.5, 0.6) is 0 Å². The fourth-order valence-electron chi connectivity index (χ4n) is 2.23. The molecule has 0 aromatic rings. The maximum absolute atomic E-state index is 10.2. The smallest absolute Gasteiger partial charge is 0.0523 e. The summed E-state index contributed by atoms with van der Waals surface area (Å²) >= 11 is 0. The second kappa shape index (κ2) is 2.47. The monoisotopic (exact) mass is 154 g/mol. The predicted octanol–water partition coefficient (Wildman–Crippen LogP) is 1.93. The van der Waals surface area contributed by atoms with Crippen molar-refractivity contribution in [2.75, 3.05) is 13.1 Å². The van der Waals surface area contributed by atoms with Crippen molar-refractivity contribution in [1.29, 1.82) is 0 Å². The van der Waals surface area contributed by atoms with E-state index in [0.29, 0.717) is 5.41 Å². The lowest BCUT2D eigenvalue weighted by Gasteiger charge is -2.46. The SMILES string of the molecule is O=NN1CCC2(CCC2)CC1. The van der Waals surface area contributed by atoms with Gasteiger partial charge in [0.2, 0.25) is 0 Å². The first kappa shape index (κ1) is 7.07. The van der Waals surface area contributed by atoms with Crippen LogP contribution in [-0.2, 0) is 0 Å². The molecule has 1 saturated heterocycles. The molecule has 0 aromatic carbocycles. The van der Waals surface area contributed by atoms with E-state index >= 15 is 0 Å². The Bertz CT molecular complexity index is 155. The molecule has 0 unspecified atom stereocenters. The molecule has 0 radical (unpaired) electrons. The molecule has 0 atom stereocenters. The van der Waals surface area contributed by atoms with Crippen molar-refractivity contribution in [3.63, 3.8) is 0 Å². The highest BCUT2D eigenvalue weighted by Crippen LogP contribution is 2.48. The standard InChI is InChI=1S/C8H14N2O/c11-9-10-6-4-8(5-7-10)2-1-3-8/h1-7H2. The molecular weight excluding hydrogens is 140 g/mol. The van der Waals surface area contributed by atoms with Crippen LogP contribution in [-0.4, -0.2) is 18.1 Å². The van der Waals surface area contributed by atoms with Gasteiger partial charge in [0, 0.05) is 13.1 Å². The van der Waals surface area contributed by atoms with Crippen LogP contribution in [0.1, 0.15) is 32.1 Å². The lowest BCUT2D eigenvalue weighted by Crippen LogP contribution is -2.41. The normalized spacial score (nSPS) is 28.2. The average molecular weight is 154 g/mol. The highest BCUT2D eigenvalue weighted by molar-refractivity contribution is 4.91. The van der Waals surface area contributed by atoms with Gasteiger partial charge in [-0.25, -0.2) is 0 Å². The molecular formula is C8H14N2O. The first-order valence-electron chi connectivity index (χ1n) is 4.43. The third kappa shape index (κ3) is 1.12. The fourth-order valence-corrected chi connectivity index (χ4v) is 2.23. The summed E-state index contributed by atoms with van der Waals surface area (Å²) in [4.78, 5) is 10.2. The van der Waals surface area contributed by atoms with E-state index in [1.165, 1.54) is 32.1 Å². The van der Waals surface area contributed by atoms with E-state index in [1.807, 2.05) is 0 Å². The van der Waals surface area contributed by atoms with Crippen LogP contribution in [0.2, 0.25) is 0 Å². The lowest BCUT2D eigenvalue weighted by molar-refractivity contribution is 0.0339.